The van der Waals surface area contributed by atoms with Gasteiger partial charge in [-0.25, -0.2) is 24.9 Å². The maximum absolute atomic E-state index is 9.17. The first-order valence-corrected chi connectivity index (χ1v) is 12.0. The van der Waals surface area contributed by atoms with E-state index in [1.165, 1.54) is 72.9 Å². The zero-order chi connectivity index (χ0) is 31.0. The van der Waals surface area contributed by atoms with E-state index in [0.29, 0.717) is 28.5 Å². The van der Waals surface area contributed by atoms with Gasteiger partial charge in [-0.3, -0.25) is 4.99 Å². The molecule has 43 heavy (non-hydrogen) atoms. The summed E-state index contributed by atoms with van der Waals surface area (Å²) in [6.07, 6.45) is 15.8. The molecule has 0 unspecified atom stereocenters. The van der Waals surface area contributed by atoms with Gasteiger partial charge in [0, 0.05) is 42.9 Å². The van der Waals surface area contributed by atoms with Gasteiger partial charge in [-0.05, 0) is 43.2 Å². The molecular weight excluding hydrogens is 540 g/mol. The van der Waals surface area contributed by atoms with Crippen LogP contribution in [0.1, 0.15) is 34.2 Å². The van der Waals surface area contributed by atoms with Crippen LogP contribution in [0.4, 0.5) is 0 Å². The summed E-state index contributed by atoms with van der Waals surface area (Å²) in [5.41, 5.74) is 3.06. The molecule has 0 saturated heterocycles. The van der Waals surface area contributed by atoms with E-state index in [1.807, 2.05) is 36.4 Å². The van der Waals surface area contributed by atoms with Crippen molar-refractivity contribution < 1.29 is 0 Å². The highest BCUT2D eigenvalue weighted by atomic mass is 15.0. The van der Waals surface area contributed by atoms with E-state index < -0.39 is 0 Å². The van der Waals surface area contributed by atoms with Crippen molar-refractivity contribution in [1.82, 2.24) is 19.9 Å². The van der Waals surface area contributed by atoms with E-state index in [4.69, 9.17) is 51.5 Å². The van der Waals surface area contributed by atoms with E-state index >= 15 is 0 Å². The minimum Gasteiger partial charge on any atom is -0.262 e. The summed E-state index contributed by atoms with van der Waals surface area (Å²) in [6.45, 7) is 3.54. The van der Waals surface area contributed by atoms with Crippen LogP contribution >= 0.6 is 0 Å². The van der Waals surface area contributed by atoms with E-state index in [9.17, 15) is 0 Å². The zero-order valence-corrected chi connectivity index (χ0v) is 22.2. The molecule has 0 saturated carbocycles. The predicted octanol–water partition coefficient (Wildman–Crippen LogP) is 4.50. The molecule has 2 aromatic heterocycles. The van der Waals surface area contributed by atoms with Crippen LogP contribution in [0.5, 0.6) is 0 Å². The summed E-state index contributed by atoms with van der Waals surface area (Å²) in [4.78, 5) is 27.5. The molecule has 0 fully saturated rings. The fourth-order valence-electron chi connectivity index (χ4n) is 3.71. The number of fused-ring (bicyclic) bond motifs is 3. The Morgan fingerprint density at radius 3 is 1.44 bits per heavy atom. The molecule has 3 rings (SSSR count). The monoisotopic (exact) mass is 556 g/mol. The summed E-state index contributed by atoms with van der Waals surface area (Å²) >= 11 is 0. The number of aliphatic imine (C=N–C) groups is 2. The molecule has 1 aliphatic carbocycles. The van der Waals surface area contributed by atoms with Crippen molar-refractivity contribution in [3.05, 3.63) is 94.2 Å². The van der Waals surface area contributed by atoms with E-state index in [-0.39, 0.29) is 40.6 Å². The number of aromatic nitrogens is 4. The minimum absolute atomic E-state index is 0.0602. The van der Waals surface area contributed by atoms with Gasteiger partial charge in [0.15, 0.2) is 0 Å². The molecule has 0 radical (unpaired) electrons. The molecule has 0 atom stereocenters. The third kappa shape index (κ3) is 7.39. The number of nitriles is 6. The molecular formula is C31H16N12. The minimum atomic E-state index is 0.0602. The van der Waals surface area contributed by atoms with Gasteiger partial charge in [0.05, 0.1) is 82.0 Å². The van der Waals surface area contributed by atoms with Crippen LogP contribution in [0.2, 0.25) is 0 Å². The van der Waals surface area contributed by atoms with Gasteiger partial charge in [0.25, 0.3) is 0 Å². The summed E-state index contributed by atoms with van der Waals surface area (Å²) < 4.78 is 0. The van der Waals surface area contributed by atoms with Gasteiger partial charge in [-0.1, -0.05) is 0 Å². The summed E-state index contributed by atoms with van der Waals surface area (Å²) in [6, 6.07) is 11.4. The first kappa shape index (κ1) is 30.2. The van der Waals surface area contributed by atoms with E-state index in [0.717, 1.165) is 0 Å². The fraction of sp³-hybridized carbons (Fsp3) is 0.0323. The lowest BCUT2D eigenvalue weighted by atomic mass is 9.96. The van der Waals surface area contributed by atoms with Crippen molar-refractivity contribution >= 4 is 36.7 Å². The van der Waals surface area contributed by atoms with Crippen LogP contribution in [-0.4, -0.2) is 32.4 Å². The standard InChI is InChI=1S/C31H16N12/c1-38-21(8-2-14-32)22(9-3-15-33)39-27-20-28-30(41-24(11-5-17-35)23(40-28)10-4-16-34)31-29(27)42-25(12-6-18-36)26(43-31)13-7-19-37/h2-13H,1,20H2/b8-2+,9-3+,10-4+,11-5+,12-6+,13-7+,22-21-,39-27+. The third-order valence-corrected chi connectivity index (χ3v) is 5.39. The van der Waals surface area contributed by atoms with Crippen LogP contribution in [0.3, 0.4) is 0 Å². The second kappa shape index (κ2) is 15.3. The van der Waals surface area contributed by atoms with Gasteiger partial charge in [0.2, 0.25) is 0 Å². The molecule has 12 nitrogen and oxygen atoms in total. The molecule has 2 aromatic rings. The lowest BCUT2D eigenvalue weighted by Gasteiger charge is -2.21. The SMILES string of the molecule is C=NC(/C=C/C#N)=C(/C=C/C#N)\N=C1/Cc2nc(/C=C/C#N)c(/C=C/C#N)nc2-c2nc(/C=C/C#N)c(/C=C/C#N)nc21. The Morgan fingerprint density at radius 1 is 0.558 bits per heavy atom. The Bertz CT molecular complexity index is 1970. The summed E-state index contributed by atoms with van der Waals surface area (Å²) in [7, 11) is 0. The van der Waals surface area contributed by atoms with Crippen molar-refractivity contribution in [3.8, 4) is 47.8 Å². The average molecular weight is 557 g/mol. The van der Waals surface area contributed by atoms with Gasteiger partial charge < -0.3 is 0 Å². The Kier molecular flexibility index (Phi) is 10.7. The smallest absolute Gasteiger partial charge is 0.119 e. The zero-order valence-electron chi connectivity index (χ0n) is 22.2. The molecule has 0 N–H and O–H groups in total. The lowest BCUT2D eigenvalue weighted by Crippen LogP contribution is -2.21. The Labute approximate surface area is 246 Å². The summed E-state index contributed by atoms with van der Waals surface area (Å²) in [5, 5.41) is 54.6. The second-order valence-electron chi connectivity index (χ2n) is 7.92. The molecule has 0 bridgehead atoms. The van der Waals surface area contributed by atoms with E-state index in [1.54, 1.807) is 0 Å². The van der Waals surface area contributed by atoms with Crippen molar-refractivity contribution in [1.29, 1.82) is 31.6 Å². The lowest BCUT2D eigenvalue weighted by molar-refractivity contribution is 1.00. The maximum atomic E-state index is 9.17. The molecule has 1 aliphatic rings. The number of allylic oxidation sites excluding steroid dienone is 8. The average Bonchev–Trinajstić information content (AvgIpc) is 3.03. The Hall–Kier alpha value is -7.38. The normalized spacial score (nSPS) is 13.8. The summed E-state index contributed by atoms with van der Waals surface area (Å²) in [5.74, 6) is 0. The molecule has 12 heteroatoms. The Balaban J connectivity index is 2.51. The number of rotatable bonds is 8. The quantitative estimate of drug-likeness (QED) is 0.251. The largest absolute Gasteiger partial charge is 0.262 e. The highest BCUT2D eigenvalue weighted by molar-refractivity contribution is 6.08. The first-order valence-electron chi connectivity index (χ1n) is 12.0. The van der Waals surface area contributed by atoms with Gasteiger partial charge in [-0.15, -0.1) is 0 Å². The van der Waals surface area contributed by atoms with Crippen molar-refractivity contribution in [2.75, 3.05) is 0 Å². The molecule has 0 aliphatic heterocycles. The van der Waals surface area contributed by atoms with E-state index in [2.05, 4.69) is 16.7 Å². The fourth-order valence-corrected chi connectivity index (χ4v) is 3.71. The molecule has 2 heterocycles. The predicted molar refractivity (Wildman–Crippen MR) is 158 cm³/mol. The van der Waals surface area contributed by atoms with Crippen LogP contribution in [-0.2, 0) is 6.42 Å². The Morgan fingerprint density at radius 2 is 0.977 bits per heavy atom. The molecule has 0 aromatic carbocycles. The number of nitrogens with zero attached hydrogens (tertiary/aromatic N) is 12. The highest BCUT2D eigenvalue weighted by Gasteiger charge is 2.29. The second-order valence-corrected chi connectivity index (χ2v) is 7.92. The van der Waals surface area contributed by atoms with Crippen molar-refractivity contribution in [2.24, 2.45) is 9.98 Å². The van der Waals surface area contributed by atoms with Gasteiger partial charge >= 0.3 is 0 Å². The van der Waals surface area contributed by atoms with Crippen LogP contribution < -0.4 is 0 Å². The molecule has 200 valence electrons. The van der Waals surface area contributed by atoms with Gasteiger partial charge in [0.1, 0.15) is 17.1 Å². The number of hydrogen-bond acceptors (Lipinski definition) is 12. The highest BCUT2D eigenvalue weighted by Crippen LogP contribution is 2.32. The van der Waals surface area contributed by atoms with Crippen molar-refractivity contribution in [2.45, 2.75) is 6.42 Å². The number of hydrogen-bond donors (Lipinski definition) is 0. The first-order chi connectivity index (χ1) is 21.0. The van der Waals surface area contributed by atoms with Crippen LogP contribution in [0.25, 0.3) is 35.7 Å². The maximum Gasteiger partial charge on any atom is 0.119 e. The van der Waals surface area contributed by atoms with Gasteiger partial charge in [-0.2, -0.15) is 31.6 Å². The molecule has 0 spiro atoms. The molecule has 0 amide bonds. The third-order valence-electron chi connectivity index (χ3n) is 5.39. The van der Waals surface area contributed by atoms with Crippen LogP contribution in [0.15, 0.2) is 70.0 Å². The van der Waals surface area contributed by atoms with Crippen LogP contribution in [0, 0.1) is 68.0 Å². The van der Waals surface area contributed by atoms with Crippen molar-refractivity contribution in [3.63, 3.8) is 0 Å². The topological polar surface area (TPSA) is 219 Å².